The van der Waals surface area contributed by atoms with E-state index in [1.165, 1.54) is 12.1 Å². The summed E-state index contributed by atoms with van der Waals surface area (Å²) in [7, 11) is -3.47. The molecular weight excluding hydrogens is 300 g/mol. The number of carbonyl (C=O) groups is 1. The molecule has 0 spiro atoms. The number of hydrogen-bond acceptors (Lipinski definition) is 3. The maximum Gasteiger partial charge on any atom is 0.253 e. The van der Waals surface area contributed by atoms with Gasteiger partial charge in [-0.25, -0.2) is 13.1 Å². The monoisotopic (exact) mass is 324 g/mol. The number of amides is 1. The van der Waals surface area contributed by atoms with E-state index in [4.69, 9.17) is 0 Å². The van der Waals surface area contributed by atoms with Crippen LogP contribution in [-0.4, -0.2) is 38.9 Å². The van der Waals surface area contributed by atoms with Crippen LogP contribution in [0.2, 0.25) is 0 Å². The molecule has 0 aromatic heterocycles. The van der Waals surface area contributed by atoms with E-state index in [2.05, 4.69) is 11.6 Å². The first-order valence-corrected chi connectivity index (χ1v) is 9.31. The van der Waals surface area contributed by atoms with Gasteiger partial charge in [-0.2, -0.15) is 0 Å². The van der Waals surface area contributed by atoms with Gasteiger partial charge in [0.25, 0.3) is 5.91 Å². The highest BCUT2D eigenvalue weighted by atomic mass is 32.2. The van der Waals surface area contributed by atoms with Gasteiger partial charge in [0.05, 0.1) is 4.90 Å². The first-order chi connectivity index (χ1) is 10.4. The third-order valence-electron chi connectivity index (χ3n) is 4.02. The van der Waals surface area contributed by atoms with E-state index >= 15 is 0 Å². The summed E-state index contributed by atoms with van der Waals surface area (Å²) < 4.78 is 26.5. The zero-order valence-corrected chi connectivity index (χ0v) is 14.0. The van der Waals surface area contributed by atoms with Crippen molar-refractivity contribution in [3.8, 4) is 0 Å². The van der Waals surface area contributed by atoms with Crippen LogP contribution >= 0.6 is 0 Å². The molecule has 6 heteroatoms. The molecule has 1 heterocycles. The van der Waals surface area contributed by atoms with Crippen LogP contribution in [0.25, 0.3) is 0 Å². The van der Waals surface area contributed by atoms with Gasteiger partial charge in [0, 0.05) is 25.2 Å². The summed E-state index contributed by atoms with van der Waals surface area (Å²) in [5, 5.41) is 0. The Labute approximate surface area is 132 Å². The van der Waals surface area contributed by atoms with Crippen molar-refractivity contribution < 1.29 is 13.2 Å². The molecular formula is C16H24N2O3S. The van der Waals surface area contributed by atoms with Crippen molar-refractivity contribution in [2.75, 3.05) is 19.6 Å². The highest BCUT2D eigenvalue weighted by molar-refractivity contribution is 7.89. The molecule has 1 aliphatic heterocycles. The number of nitrogens with one attached hydrogen (secondary N) is 1. The molecule has 1 saturated heterocycles. The Kier molecular flexibility index (Phi) is 5.58. The molecule has 0 unspecified atom stereocenters. The highest BCUT2D eigenvalue weighted by Gasteiger charge is 2.22. The summed E-state index contributed by atoms with van der Waals surface area (Å²) in [4.78, 5) is 14.4. The minimum Gasteiger partial charge on any atom is -0.339 e. The number of nitrogens with zero attached hydrogens (tertiary/aromatic N) is 1. The lowest BCUT2D eigenvalue weighted by Gasteiger charge is -2.30. The minimum absolute atomic E-state index is 0.0163. The Hall–Kier alpha value is -1.40. The van der Waals surface area contributed by atoms with E-state index in [1.54, 1.807) is 12.1 Å². The summed E-state index contributed by atoms with van der Waals surface area (Å²) in [5.74, 6) is 0.651. The average molecular weight is 324 g/mol. The number of sulfonamides is 1. The fourth-order valence-electron chi connectivity index (χ4n) is 2.49. The molecule has 122 valence electrons. The molecule has 5 nitrogen and oxygen atoms in total. The Balaban J connectivity index is 2.07. The van der Waals surface area contributed by atoms with Crippen molar-refractivity contribution in [3.05, 3.63) is 29.8 Å². The van der Waals surface area contributed by atoms with Gasteiger partial charge in [0.2, 0.25) is 10.0 Å². The van der Waals surface area contributed by atoms with Gasteiger partial charge in [-0.1, -0.05) is 13.8 Å². The topological polar surface area (TPSA) is 66.5 Å². The Bertz CT molecular complexity index is 603. The zero-order valence-electron chi connectivity index (χ0n) is 13.2. The van der Waals surface area contributed by atoms with Crippen LogP contribution in [0.1, 0.15) is 43.5 Å². The number of piperidine rings is 1. The molecule has 1 aromatic rings. The Morgan fingerprint density at radius 3 is 2.36 bits per heavy atom. The van der Waals surface area contributed by atoms with Crippen molar-refractivity contribution in [1.82, 2.24) is 9.62 Å². The van der Waals surface area contributed by atoms with Crippen molar-refractivity contribution in [2.45, 2.75) is 38.0 Å². The van der Waals surface area contributed by atoms with Gasteiger partial charge >= 0.3 is 0 Å². The van der Waals surface area contributed by atoms with Gasteiger partial charge in [-0.15, -0.1) is 0 Å². The van der Waals surface area contributed by atoms with Crippen molar-refractivity contribution in [3.63, 3.8) is 0 Å². The van der Waals surface area contributed by atoms with Crippen LogP contribution in [0.3, 0.4) is 0 Å². The molecule has 1 fully saturated rings. The lowest BCUT2D eigenvalue weighted by molar-refractivity contribution is 0.0697. The van der Waals surface area contributed by atoms with Crippen molar-refractivity contribution in [1.29, 1.82) is 0 Å². The second-order valence-corrected chi connectivity index (χ2v) is 7.66. The van der Waals surface area contributed by atoms with E-state index in [-0.39, 0.29) is 10.8 Å². The van der Waals surface area contributed by atoms with E-state index < -0.39 is 10.0 Å². The standard InChI is InChI=1S/C16H24N2O3S/c1-3-10-17-22(20,21)15-6-4-14(5-7-15)16(19)18-11-8-13(2)9-12-18/h4-7,13,17H,3,8-12H2,1-2H3. The molecule has 0 atom stereocenters. The van der Waals surface area contributed by atoms with Gasteiger partial charge in [0.1, 0.15) is 0 Å². The lowest BCUT2D eigenvalue weighted by Crippen LogP contribution is -2.37. The molecule has 1 aromatic carbocycles. The summed E-state index contributed by atoms with van der Waals surface area (Å²) >= 11 is 0. The summed E-state index contributed by atoms with van der Waals surface area (Å²) in [6.45, 7) is 6.07. The second-order valence-electron chi connectivity index (χ2n) is 5.90. The molecule has 0 radical (unpaired) electrons. The van der Waals surface area contributed by atoms with E-state index in [0.29, 0.717) is 18.0 Å². The van der Waals surface area contributed by atoms with Gasteiger partial charge in [-0.3, -0.25) is 4.79 Å². The molecule has 2 rings (SSSR count). The number of carbonyl (C=O) groups excluding carboxylic acids is 1. The SMILES string of the molecule is CCCNS(=O)(=O)c1ccc(C(=O)N2CCC(C)CC2)cc1. The lowest BCUT2D eigenvalue weighted by atomic mass is 9.98. The van der Waals surface area contributed by atoms with Crippen LogP contribution in [0.4, 0.5) is 0 Å². The molecule has 0 aliphatic carbocycles. The maximum atomic E-state index is 12.4. The van der Waals surface area contributed by atoms with Gasteiger partial charge in [0.15, 0.2) is 0 Å². The highest BCUT2D eigenvalue weighted by Crippen LogP contribution is 2.19. The number of benzene rings is 1. The first kappa shape index (κ1) is 17.0. The molecule has 0 saturated carbocycles. The van der Waals surface area contributed by atoms with Crippen LogP contribution < -0.4 is 4.72 Å². The second kappa shape index (κ2) is 7.24. The summed E-state index contributed by atoms with van der Waals surface area (Å²) in [6.07, 6.45) is 2.79. The van der Waals surface area contributed by atoms with Gasteiger partial charge in [-0.05, 0) is 49.4 Å². The van der Waals surface area contributed by atoms with Gasteiger partial charge < -0.3 is 4.90 Å². The minimum atomic E-state index is -3.47. The molecule has 22 heavy (non-hydrogen) atoms. The number of rotatable bonds is 5. The smallest absolute Gasteiger partial charge is 0.253 e. The fourth-order valence-corrected chi connectivity index (χ4v) is 3.62. The normalized spacial score (nSPS) is 16.7. The van der Waals surface area contributed by atoms with Crippen LogP contribution in [0.15, 0.2) is 29.2 Å². The predicted molar refractivity (Wildman–Crippen MR) is 86.2 cm³/mol. The van der Waals surface area contributed by atoms with E-state index in [1.807, 2.05) is 11.8 Å². The molecule has 1 amide bonds. The quantitative estimate of drug-likeness (QED) is 0.903. The average Bonchev–Trinajstić information content (AvgIpc) is 2.53. The molecule has 1 aliphatic rings. The maximum absolute atomic E-state index is 12.4. The third kappa shape index (κ3) is 4.08. The van der Waals surface area contributed by atoms with Crippen LogP contribution in [0.5, 0.6) is 0 Å². The number of likely N-dealkylation sites (tertiary alicyclic amines) is 1. The Morgan fingerprint density at radius 1 is 1.23 bits per heavy atom. The van der Waals surface area contributed by atoms with Crippen LogP contribution in [0, 0.1) is 5.92 Å². The molecule has 1 N–H and O–H groups in total. The third-order valence-corrected chi connectivity index (χ3v) is 5.50. The zero-order chi connectivity index (χ0) is 16.2. The summed E-state index contributed by atoms with van der Waals surface area (Å²) in [5.41, 5.74) is 0.545. The van der Waals surface area contributed by atoms with Crippen LogP contribution in [-0.2, 0) is 10.0 Å². The largest absolute Gasteiger partial charge is 0.339 e. The van der Waals surface area contributed by atoms with Crippen molar-refractivity contribution in [2.24, 2.45) is 5.92 Å². The Morgan fingerprint density at radius 2 is 1.82 bits per heavy atom. The van der Waals surface area contributed by atoms with E-state index in [0.717, 1.165) is 32.4 Å². The molecule has 0 bridgehead atoms. The summed E-state index contributed by atoms with van der Waals surface area (Å²) in [6, 6.07) is 6.19. The predicted octanol–water partition coefficient (Wildman–Crippen LogP) is 2.25. The fraction of sp³-hybridized carbons (Fsp3) is 0.562. The number of hydrogen-bond donors (Lipinski definition) is 1. The van der Waals surface area contributed by atoms with Crippen molar-refractivity contribution >= 4 is 15.9 Å². The van der Waals surface area contributed by atoms with E-state index in [9.17, 15) is 13.2 Å². The first-order valence-electron chi connectivity index (χ1n) is 7.83.